The first-order valence-electron chi connectivity index (χ1n) is 3.54. The summed E-state index contributed by atoms with van der Waals surface area (Å²) in [5, 5.41) is 9.38. The van der Waals surface area contributed by atoms with Crippen molar-refractivity contribution in [3.8, 4) is 0 Å². The van der Waals surface area contributed by atoms with Crippen LogP contribution >= 0.6 is 15.9 Å². The molecule has 0 spiro atoms. The van der Waals surface area contributed by atoms with Crippen molar-refractivity contribution in [2.75, 3.05) is 12.8 Å². The summed E-state index contributed by atoms with van der Waals surface area (Å²) < 4.78 is 0.727. The zero-order chi connectivity index (χ0) is 10.0. The Labute approximate surface area is 84.0 Å². The lowest BCUT2D eigenvalue weighted by Gasteiger charge is -2.08. The first-order valence-corrected chi connectivity index (χ1v) is 4.33. The van der Waals surface area contributed by atoms with Gasteiger partial charge in [-0.1, -0.05) is 0 Å². The molecule has 1 amide bonds. The number of nitrogens with two attached hydrogens (primary N) is 1. The van der Waals surface area contributed by atoms with Gasteiger partial charge in [0.05, 0.1) is 0 Å². The van der Waals surface area contributed by atoms with Crippen molar-refractivity contribution in [2.45, 2.75) is 0 Å². The average Bonchev–Trinajstić information content (AvgIpc) is 2.08. The van der Waals surface area contributed by atoms with E-state index in [0.717, 1.165) is 4.47 Å². The number of rotatable bonds is 1. The van der Waals surface area contributed by atoms with Crippen LogP contribution in [0.5, 0.6) is 0 Å². The molecule has 0 unspecified atom stereocenters. The lowest BCUT2D eigenvalue weighted by atomic mass is 10.2. The number of nitrogens with zero attached hydrogens (tertiary/aromatic N) is 1. The van der Waals surface area contributed by atoms with Gasteiger partial charge in [0.2, 0.25) is 0 Å². The van der Waals surface area contributed by atoms with Gasteiger partial charge in [-0.2, -0.15) is 0 Å². The van der Waals surface area contributed by atoms with Crippen molar-refractivity contribution < 1.29 is 10.0 Å². The third kappa shape index (κ3) is 2.19. The van der Waals surface area contributed by atoms with Crippen LogP contribution in [0.3, 0.4) is 0 Å². The smallest absolute Gasteiger partial charge is 0.277 e. The number of hydrogen-bond acceptors (Lipinski definition) is 3. The molecule has 0 aliphatic carbocycles. The highest BCUT2D eigenvalue weighted by atomic mass is 79.9. The summed E-state index contributed by atoms with van der Waals surface area (Å²) in [5.74, 6) is -0.487. The number of anilines is 1. The van der Waals surface area contributed by atoms with Gasteiger partial charge in [0.1, 0.15) is 0 Å². The van der Waals surface area contributed by atoms with Crippen molar-refractivity contribution in [2.24, 2.45) is 0 Å². The lowest BCUT2D eigenvalue weighted by Crippen LogP contribution is -2.22. The Morgan fingerprint density at radius 2 is 2.23 bits per heavy atom. The topological polar surface area (TPSA) is 66.6 Å². The summed E-state index contributed by atoms with van der Waals surface area (Å²) in [7, 11) is 1.26. The number of nitrogen functional groups attached to an aromatic ring is 1. The quantitative estimate of drug-likeness (QED) is 0.447. The molecule has 1 rings (SSSR count). The second-order valence-corrected chi connectivity index (χ2v) is 3.42. The van der Waals surface area contributed by atoms with Gasteiger partial charge in [-0.05, 0) is 34.1 Å². The summed E-state index contributed by atoms with van der Waals surface area (Å²) >= 11 is 3.20. The average molecular weight is 245 g/mol. The van der Waals surface area contributed by atoms with E-state index in [2.05, 4.69) is 15.9 Å². The maximum atomic E-state index is 11.2. The number of carbonyl (C=O) groups is 1. The van der Waals surface area contributed by atoms with Crippen molar-refractivity contribution in [3.05, 3.63) is 28.2 Å². The first-order chi connectivity index (χ1) is 6.02. The maximum Gasteiger partial charge on any atom is 0.277 e. The molecule has 1 aromatic carbocycles. The molecule has 5 heteroatoms. The van der Waals surface area contributed by atoms with E-state index in [-0.39, 0.29) is 0 Å². The predicted octanol–water partition coefficient (Wildman–Crippen LogP) is 1.49. The lowest BCUT2D eigenvalue weighted by molar-refractivity contribution is -0.0374. The number of carbonyl (C=O) groups excluding carboxylic acids is 1. The van der Waals surface area contributed by atoms with Gasteiger partial charge in [-0.15, -0.1) is 0 Å². The summed E-state index contributed by atoms with van der Waals surface area (Å²) in [4.78, 5) is 11.2. The van der Waals surface area contributed by atoms with Crippen LogP contribution in [-0.2, 0) is 0 Å². The number of halogens is 1. The molecule has 0 aliphatic rings. The molecule has 0 saturated carbocycles. The summed E-state index contributed by atoms with van der Waals surface area (Å²) in [6, 6.07) is 4.74. The highest BCUT2D eigenvalue weighted by Gasteiger charge is 2.09. The van der Waals surface area contributed by atoms with Crippen LogP contribution in [0.2, 0.25) is 0 Å². The Balaban J connectivity index is 3.04. The maximum absolute atomic E-state index is 11.2. The third-order valence-electron chi connectivity index (χ3n) is 1.54. The molecule has 70 valence electrons. The number of amides is 1. The summed E-state index contributed by atoms with van der Waals surface area (Å²) in [5.41, 5.74) is 6.38. The second-order valence-electron chi connectivity index (χ2n) is 2.57. The van der Waals surface area contributed by atoms with Crippen LogP contribution in [0.25, 0.3) is 0 Å². The van der Waals surface area contributed by atoms with Gasteiger partial charge in [-0.3, -0.25) is 10.0 Å². The minimum atomic E-state index is -0.487. The van der Waals surface area contributed by atoms with Gasteiger partial charge in [-0.25, -0.2) is 5.06 Å². The Kier molecular flexibility index (Phi) is 2.90. The minimum Gasteiger partial charge on any atom is -0.398 e. The molecule has 1 aromatic rings. The molecule has 0 fully saturated rings. The molecule has 3 N–H and O–H groups in total. The SMILES string of the molecule is CN(O)C(=O)c1ccc(Br)c(N)c1. The van der Waals surface area contributed by atoms with Crippen molar-refractivity contribution in [3.63, 3.8) is 0 Å². The van der Waals surface area contributed by atoms with E-state index in [4.69, 9.17) is 10.9 Å². The van der Waals surface area contributed by atoms with Gasteiger partial charge < -0.3 is 5.73 Å². The molecule has 0 atom stereocenters. The molecule has 0 aromatic heterocycles. The Morgan fingerprint density at radius 3 is 2.69 bits per heavy atom. The van der Waals surface area contributed by atoms with E-state index in [1.54, 1.807) is 12.1 Å². The van der Waals surface area contributed by atoms with Gasteiger partial charge in [0.25, 0.3) is 5.91 Å². The zero-order valence-corrected chi connectivity index (χ0v) is 8.58. The molecule has 4 nitrogen and oxygen atoms in total. The normalized spacial score (nSPS) is 9.77. The molecular formula is C8H9BrN2O2. The number of benzene rings is 1. The Bertz CT molecular complexity index is 339. The van der Waals surface area contributed by atoms with E-state index in [9.17, 15) is 4.79 Å². The Morgan fingerprint density at radius 1 is 1.62 bits per heavy atom. The zero-order valence-electron chi connectivity index (χ0n) is 6.99. The van der Waals surface area contributed by atoms with Crippen LogP contribution < -0.4 is 5.73 Å². The first kappa shape index (κ1) is 10.0. The predicted molar refractivity (Wildman–Crippen MR) is 52.4 cm³/mol. The fraction of sp³-hybridized carbons (Fsp3) is 0.125. The molecule has 0 radical (unpaired) electrons. The van der Waals surface area contributed by atoms with Crippen LogP contribution in [0, 0.1) is 0 Å². The van der Waals surface area contributed by atoms with Gasteiger partial charge in [0.15, 0.2) is 0 Å². The minimum absolute atomic E-state index is 0.353. The van der Waals surface area contributed by atoms with Crippen molar-refractivity contribution in [1.82, 2.24) is 5.06 Å². The van der Waals surface area contributed by atoms with Crippen molar-refractivity contribution in [1.29, 1.82) is 0 Å². The monoisotopic (exact) mass is 244 g/mol. The molecule has 0 heterocycles. The van der Waals surface area contributed by atoms with Gasteiger partial charge in [0, 0.05) is 22.8 Å². The molecule has 13 heavy (non-hydrogen) atoms. The fourth-order valence-electron chi connectivity index (χ4n) is 0.864. The molecule has 0 aliphatic heterocycles. The molecular weight excluding hydrogens is 236 g/mol. The summed E-state index contributed by atoms with van der Waals surface area (Å²) in [6.07, 6.45) is 0. The summed E-state index contributed by atoms with van der Waals surface area (Å²) in [6.45, 7) is 0. The Hall–Kier alpha value is -1.07. The number of hydroxylamine groups is 2. The highest BCUT2D eigenvalue weighted by molar-refractivity contribution is 9.10. The van der Waals surface area contributed by atoms with E-state index in [0.29, 0.717) is 16.3 Å². The van der Waals surface area contributed by atoms with Crippen LogP contribution in [0.4, 0.5) is 5.69 Å². The van der Waals surface area contributed by atoms with E-state index in [1.165, 1.54) is 13.1 Å². The van der Waals surface area contributed by atoms with E-state index < -0.39 is 5.91 Å². The highest BCUT2D eigenvalue weighted by Crippen LogP contribution is 2.20. The number of hydrogen-bond donors (Lipinski definition) is 2. The molecule has 0 saturated heterocycles. The van der Waals surface area contributed by atoms with Crippen LogP contribution in [0.15, 0.2) is 22.7 Å². The van der Waals surface area contributed by atoms with Crippen molar-refractivity contribution >= 4 is 27.5 Å². The van der Waals surface area contributed by atoms with Crippen LogP contribution in [0.1, 0.15) is 10.4 Å². The third-order valence-corrected chi connectivity index (χ3v) is 2.26. The standard InChI is InChI=1S/C8H9BrN2O2/c1-11(13)8(12)5-2-3-6(9)7(10)4-5/h2-4,13H,10H2,1H3. The van der Waals surface area contributed by atoms with Gasteiger partial charge >= 0.3 is 0 Å². The largest absolute Gasteiger partial charge is 0.398 e. The molecule has 0 bridgehead atoms. The van der Waals surface area contributed by atoms with Crippen LogP contribution in [-0.4, -0.2) is 23.2 Å². The second kappa shape index (κ2) is 3.76. The van der Waals surface area contributed by atoms with E-state index in [1.807, 2.05) is 0 Å². The fourth-order valence-corrected chi connectivity index (χ4v) is 1.11. The van der Waals surface area contributed by atoms with E-state index >= 15 is 0 Å².